The average molecular weight is 431 g/mol. The molecule has 1 atom stereocenters. The fourth-order valence-electron chi connectivity index (χ4n) is 4.90. The van der Waals surface area contributed by atoms with Gasteiger partial charge >= 0.3 is 5.97 Å². The zero-order chi connectivity index (χ0) is 22.2. The first-order valence-corrected chi connectivity index (χ1v) is 11.0. The molecular formula is C25H25N3O4. The number of hydrogen-bond donors (Lipinski definition) is 2. The van der Waals surface area contributed by atoms with Gasteiger partial charge in [-0.05, 0) is 48.6 Å². The van der Waals surface area contributed by atoms with E-state index in [2.05, 4.69) is 4.98 Å². The van der Waals surface area contributed by atoms with E-state index in [9.17, 15) is 19.5 Å². The summed E-state index contributed by atoms with van der Waals surface area (Å²) < 4.78 is 0. The lowest BCUT2D eigenvalue weighted by Gasteiger charge is -2.27. The Morgan fingerprint density at radius 3 is 2.66 bits per heavy atom. The smallest absolute Gasteiger partial charge is 0.326 e. The third kappa shape index (κ3) is 3.64. The van der Waals surface area contributed by atoms with Gasteiger partial charge in [0.05, 0.1) is 13.0 Å². The van der Waals surface area contributed by atoms with Crippen LogP contribution in [0.3, 0.4) is 0 Å². The van der Waals surface area contributed by atoms with Crippen LogP contribution in [-0.2, 0) is 29.0 Å². The van der Waals surface area contributed by atoms with Gasteiger partial charge in [-0.1, -0.05) is 30.3 Å². The number of H-pyrrole nitrogens is 1. The van der Waals surface area contributed by atoms with Gasteiger partial charge in [-0.3, -0.25) is 9.59 Å². The summed E-state index contributed by atoms with van der Waals surface area (Å²) >= 11 is 0. The summed E-state index contributed by atoms with van der Waals surface area (Å²) in [6.45, 7) is 1.63. The van der Waals surface area contributed by atoms with Crippen LogP contribution in [-0.4, -0.2) is 56.8 Å². The second kappa shape index (κ2) is 8.15. The van der Waals surface area contributed by atoms with Crippen molar-refractivity contribution in [1.29, 1.82) is 0 Å². The number of rotatable bonds is 4. The van der Waals surface area contributed by atoms with Gasteiger partial charge in [0.25, 0.3) is 5.91 Å². The first-order valence-electron chi connectivity index (χ1n) is 11.0. The number of aromatic amines is 1. The number of likely N-dealkylation sites (tertiary alicyclic amines) is 1. The lowest BCUT2D eigenvalue weighted by atomic mass is 10.0. The summed E-state index contributed by atoms with van der Waals surface area (Å²) in [4.78, 5) is 44.0. The Kier molecular flexibility index (Phi) is 5.17. The van der Waals surface area contributed by atoms with E-state index < -0.39 is 12.0 Å². The van der Waals surface area contributed by atoms with Gasteiger partial charge in [-0.2, -0.15) is 0 Å². The Labute approximate surface area is 185 Å². The van der Waals surface area contributed by atoms with Gasteiger partial charge in [0, 0.05) is 35.2 Å². The number of nitrogens with one attached hydrogen (secondary N) is 1. The summed E-state index contributed by atoms with van der Waals surface area (Å²) in [5.41, 5.74) is 4.58. The number of carbonyl (C=O) groups is 3. The maximum Gasteiger partial charge on any atom is 0.326 e. The number of benzene rings is 2. The number of aromatic nitrogens is 1. The fourth-order valence-corrected chi connectivity index (χ4v) is 4.90. The highest BCUT2D eigenvalue weighted by Gasteiger charge is 2.34. The number of hydrogen-bond acceptors (Lipinski definition) is 3. The molecule has 2 N–H and O–H groups in total. The van der Waals surface area contributed by atoms with E-state index in [1.807, 2.05) is 47.4 Å². The second-order valence-electron chi connectivity index (χ2n) is 8.56. The molecule has 3 aromatic rings. The van der Waals surface area contributed by atoms with Crippen LogP contribution in [0.1, 0.15) is 40.0 Å². The molecule has 5 rings (SSSR count). The van der Waals surface area contributed by atoms with Gasteiger partial charge in [-0.25, -0.2) is 4.79 Å². The maximum absolute atomic E-state index is 13.0. The summed E-state index contributed by atoms with van der Waals surface area (Å²) in [5, 5.41) is 10.4. The molecule has 2 amide bonds. The minimum atomic E-state index is -0.948. The number of carboxylic acids is 1. The highest BCUT2D eigenvalue weighted by Crippen LogP contribution is 2.30. The number of nitrogens with zero attached hydrogens (tertiary/aromatic N) is 2. The Morgan fingerprint density at radius 1 is 1.06 bits per heavy atom. The number of carbonyl (C=O) groups excluding carboxylic acids is 2. The number of aliphatic carboxylic acids is 1. The molecule has 7 heteroatoms. The van der Waals surface area contributed by atoms with Crippen LogP contribution in [0, 0.1) is 0 Å². The van der Waals surface area contributed by atoms with Crippen LogP contribution in [0.4, 0.5) is 0 Å². The molecule has 0 bridgehead atoms. The Balaban J connectivity index is 1.36. The van der Waals surface area contributed by atoms with E-state index >= 15 is 0 Å². The van der Waals surface area contributed by atoms with Crippen LogP contribution in [0.2, 0.25) is 0 Å². The van der Waals surface area contributed by atoms with Gasteiger partial charge in [-0.15, -0.1) is 0 Å². The first kappa shape index (κ1) is 20.3. The summed E-state index contributed by atoms with van der Waals surface area (Å²) in [7, 11) is 0. The summed E-state index contributed by atoms with van der Waals surface area (Å²) in [6.07, 6.45) is 2.30. The molecule has 164 valence electrons. The van der Waals surface area contributed by atoms with Crippen molar-refractivity contribution in [1.82, 2.24) is 14.8 Å². The second-order valence-corrected chi connectivity index (χ2v) is 8.56. The fraction of sp³-hybridized carbons (Fsp3) is 0.320. The van der Waals surface area contributed by atoms with Gasteiger partial charge in [0.15, 0.2) is 0 Å². The van der Waals surface area contributed by atoms with Crippen molar-refractivity contribution in [3.05, 3.63) is 70.9 Å². The van der Waals surface area contributed by atoms with Crippen molar-refractivity contribution in [2.75, 3.05) is 13.1 Å². The van der Waals surface area contributed by atoms with Gasteiger partial charge < -0.3 is 19.9 Å². The predicted molar refractivity (Wildman–Crippen MR) is 119 cm³/mol. The average Bonchev–Trinajstić information content (AvgIpc) is 3.43. The van der Waals surface area contributed by atoms with Crippen molar-refractivity contribution in [2.24, 2.45) is 0 Å². The van der Waals surface area contributed by atoms with Crippen molar-refractivity contribution in [3.63, 3.8) is 0 Å². The third-order valence-corrected chi connectivity index (χ3v) is 6.57. The van der Waals surface area contributed by atoms with Crippen LogP contribution < -0.4 is 0 Å². The minimum absolute atomic E-state index is 0.102. The molecule has 1 fully saturated rings. The number of carboxylic acid groups (broad SMARTS) is 1. The Hall–Kier alpha value is -3.61. The standard InChI is InChI=1S/C25H25N3O4/c29-23(13-16-5-2-1-3-6-16)27-12-10-18-19-14-17(8-9-20(19)26-21(18)15-27)24(30)28-11-4-7-22(28)25(31)32/h1-3,5-6,8-9,14,22,26H,4,7,10-13,15H2,(H,31,32). The molecule has 1 saturated heterocycles. The lowest BCUT2D eigenvalue weighted by molar-refractivity contribution is -0.141. The zero-order valence-electron chi connectivity index (χ0n) is 17.7. The molecular weight excluding hydrogens is 406 g/mol. The molecule has 1 aromatic heterocycles. The largest absolute Gasteiger partial charge is 0.480 e. The molecule has 2 aromatic carbocycles. The van der Waals surface area contributed by atoms with Crippen LogP contribution in [0.25, 0.3) is 10.9 Å². The maximum atomic E-state index is 13.0. The Morgan fingerprint density at radius 2 is 1.88 bits per heavy atom. The highest BCUT2D eigenvalue weighted by molar-refractivity contribution is 6.01. The molecule has 32 heavy (non-hydrogen) atoms. The monoisotopic (exact) mass is 431 g/mol. The summed E-state index contributed by atoms with van der Waals surface area (Å²) in [5.74, 6) is -1.08. The van der Waals surface area contributed by atoms with E-state index in [-0.39, 0.29) is 11.8 Å². The minimum Gasteiger partial charge on any atom is -0.480 e. The van der Waals surface area contributed by atoms with Crippen LogP contribution in [0.15, 0.2) is 48.5 Å². The van der Waals surface area contributed by atoms with E-state index in [4.69, 9.17) is 0 Å². The Bertz CT molecular complexity index is 1200. The first-order chi connectivity index (χ1) is 15.5. The lowest BCUT2D eigenvalue weighted by Crippen LogP contribution is -2.40. The molecule has 2 aliphatic heterocycles. The number of amides is 2. The molecule has 1 unspecified atom stereocenters. The molecule has 0 saturated carbocycles. The summed E-state index contributed by atoms with van der Waals surface area (Å²) in [6, 6.07) is 14.5. The van der Waals surface area contributed by atoms with Crippen LogP contribution >= 0.6 is 0 Å². The van der Waals surface area contributed by atoms with Crippen molar-refractivity contribution < 1.29 is 19.5 Å². The highest BCUT2D eigenvalue weighted by atomic mass is 16.4. The normalized spacial score (nSPS) is 18.1. The van der Waals surface area contributed by atoms with Crippen LogP contribution in [0.5, 0.6) is 0 Å². The SMILES string of the molecule is O=C(O)C1CCCN1C(=O)c1ccc2[nH]c3c(c2c1)CCN(C(=O)Cc1ccccc1)C3. The molecule has 0 aliphatic carbocycles. The third-order valence-electron chi connectivity index (χ3n) is 6.57. The predicted octanol–water partition coefficient (Wildman–Crippen LogP) is 2.98. The zero-order valence-corrected chi connectivity index (χ0v) is 17.7. The molecule has 3 heterocycles. The van der Waals surface area contributed by atoms with Gasteiger partial charge in [0.2, 0.25) is 5.91 Å². The van der Waals surface area contributed by atoms with Crippen molar-refractivity contribution in [2.45, 2.75) is 38.3 Å². The van der Waals surface area contributed by atoms with E-state index in [1.165, 1.54) is 4.90 Å². The molecule has 0 radical (unpaired) electrons. The van der Waals surface area contributed by atoms with E-state index in [1.54, 1.807) is 6.07 Å². The quantitative estimate of drug-likeness (QED) is 0.664. The topological polar surface area (TPSA) is 93.7 Å². The number of fused-ring (bicyclic) bond motifs is 3. The van der Waals surface area contributed by atoms with Crippen molar-refractivity contribution >= 4 is 28.7 Å². The van der Waals surface area contributed by atoms with Gasteiger partial charge in [0.1, 0.15) is 6.04 Å². The van der Waals surface area contributed by atoms with Crippen molar-refractivity contribution in [3.8, 4) is 0 Å². The van der Waals surface area contributed by atoms with E-state index in [0.29, 0.717) is 44.5 Å². The van der Waals surface area contributed by atoms with E-state index in [0.717, 1.165) is 34.1 Å². The molecule has 0 spiro atoms. The molecule has 7 nitrogen and oxygen atoms in total. The molecule has 2 aliphatic rings.